The van der Waals surface area contributed by atoms with Crippen molar-refractivity contribution in [2.24, 2.45) is 5.41 Å². The van der Waals surface area contributed by atoms with Crippen molar-refractivity contribution < 1.29 is 14.7 Å². The molecule has 0 bridgehead atoms. The molecule has 20 heavy (non-hydrogen) atoms. The highest BCUT2D eigenvalue weighted by molar-refractivity contribution is 5.79. The van der Waals surface area contributed by atoms with Crippen molar-refractivity contribution in [2.45, 2.75) is 45.1 Å². The van der Waals surface area contributed by atoms with Gasteiger partial charge in [-0.05, 0) is 53.2 Å². The number of hydrogen-bond acceptors (Lipinski definition) is 3. The number of amides is 2. The van der Waals surface area contributed by atoms with Crippen molar-refractivity contribution in [2.75, 3.05) is 27.2 Å². The molecule has 0 spiro atoms. The van der Waals surface area contributed by atoms with Crippen LogP contribution >= 0.6 is 0 Å². The summed E-state index contributed by atoms with van der Waals surface area (Å²) in [5, 5.41) is 14.9. The SMILES string of the molecule is CN(C)CCCCNC(=O)NC1CCCC1(C)C(=O)O. The first-order valence-corrected chi connectivity index (χ1v) is 7.29. The van der Waals surface area contributed by atoms with Crippen LogP contribution in [0.15, 0.2) is 0 Å². The zero-order valence-electron chi connectivity index (χ0n) is 12.7. The van der Waals surface area contributed by atoms with Gasteiger partial charge in [-0.25, -0.2) is 4.79 Å². The van der Waals surface area contributed by atoms with Gasteiger partial charge in [-0.1, -0.05) is 6.42 Å². The summed E-state index contributed by atoms with van der Waals surface area (Å²) in [5.41, 5.74) is -0.831. The van der Waals surface area contributed by atoms with Gasteiger partial charge in [-0.2, -0.15) is 0 Å². The molecule has 1 aliphatic carbocycles. The van der Waals surface area contributed by atoms with Gasteiger partial charge in [-0.15, -0.1) is 0 Å². The molecule has 2 atom stereocenters. The summed E-state index contributed by atoms with van der Waals surface area (Å²) in [7, 11) is 4.04. The summed E-state index contributed by atoms with van der Waals surface area (Å²) in [5.74, 6) is -0.828. The van der Waals surface area contributed by atoms with Crippen LogP contribution in [0.25, 0.3) is 0 Å². The smallest absolute Gasteiger partial charge is 0.315 e. The second kappa shape index (κ2) is 7.47. The highest BCUT2D eigenvalue weighted by atomic mass is 16.4. The van der Waals surface area contributed by atoms with E-state index in [1.165, 1.54) is 0 Å². The molecule has 1 saturated carbocycles. The van der Waals surface area contributed by atoms with Gasteiger partial charge in [0, 0.05) is 12.6 Å². The van der Waals surface area contributed by atoms with Crippen LogP contribution in [0.3, 0.4) is 0 Å². The van der Waals surface area contributed by atoms with E-state index in [9.17, 15) is 14.7 Å². The summed E-state index contributed by atoms with van der Waals surface area (Å²) in [6.07, 6.45) is 4.15. The van der Waals surface area contributed by atoms with E-state index in [-0.39, 0.29) is 12.1 Å². The van der Waals surface area contributed by atoms with E-state index in [1.807, 2.05) is 14.1 Å². The number of carboxylic acids is 1. The minimum atomic E-state index is -0.831. The van der Waals surface area contributed by atoms with Gasteiger partial charge < -0.3 is 20.6 Å². The zero-order valence-corrected chi connectivity index (χ0v) is 12.7. The van der Waals surface area contributed by atoms with Crippen LogP contribution in [-0.4, -0.2) is 55.2 Å². The minimum absolute atomic E-state index is 0.255. The molecule has 1 rings (SSSR count). The van der Waals surface area contributed by atoms with Crippen LogP contribution in [-0.2, 0) is 4.79 Å². The summed E-state index contributed by atoms with van der Waals surface area (Å²) < 4.78 is 0. The average molecular weight is 285 g/mol. The molecule has 0 heterocycles. The first-order chi connectivity index (χ1) is 9.36. The van der Waals surface area contributed by atoms with Crippen molar-refractivity contribution >= 4 is 12.0 Å². The lowest BCUT2D eigenvalue weighted by Crippen LogP contribution is -2.50. The molecule has 2 amide bonds. The maximum Gasteiger partial charge on any atom is 0.315 e. The number of urea groups is 1. The fourth-order valence-corrected chi connectivity index (χ4v) is 2.62. The van der Waals surface area contributed by atoms with E-state index in [2.05, 4.69) is 15.5 Å². The van der Waals surface area contributed by atoms with Crippen LogP contribution in [0.4, 0.5) is 4.79 Å². The first-order valence-electron chi connectivity index (χ1n) is 7.29. The van der Waals surface area contributed by atoms with Crippen LogP contribution in [0.1, 0.15) is 39.0 Å². The molecular weight excluding hydrogens is 258 g/mol. The highest BCUT2D eigenvalue weighted by Crippen LogP contribution is 2.38. The van der Waals surface area contributed by atoms with Gasteiger partial charge in [0.25, 0.3) is 0 Å². The molecule has 0 aromatic heterocycles. The predicted molar refractivity (Wildman–Crippen MR) is 77.7 cm³/mol. The lowest BCUT2D eigenvalue weighted by atomic mass is 9.85. The minimum Gasteiger partial charge on any atom is -0.481 e. The number of carboxylic acid groups (broad SMARTS) is 1. The van der Waals surface area contributed by atoms with Crippen molar-refractivity contribution in [1.82, 2.24) is 15.5 Å². The Morgan fingerprint density at radius 1 is 1.35 bits per heavy atom. The number of rotatable bonds is 7. The Hall–Kier alpha value is -1.30. The summed E-state index contributed by atoms with van der Waals surface area (Å²) >= 11 is 0. The molecule has 0 aromatic carbocycles. The van der Waals surface area contributed by atoms with E-state index in [4.69, 9.17) is 0 Å². The van der Waals surface area contributed by atoms with Crippen molar-refractivity contribution in [1.29, 1.82) is 0 Å². The number of carbonyl (C=O) groups is 2. The standard InChI is InChI=1S/C14H27N3O3/c1-14(12(18)19)8-6-7-11(14)16-13(20)15-9-4-5-10-17(2)3/h11H,4-10H2,1-3H3,(H,18,19)(H2,15,16,20). The third-order valence-electron chi connectivity index (χ3n) is 4.07. The zero-order chi connectivity index (χ0) is 15.2. The van der Waals surface area contributed by atoms with Gasteiger partial charge in [0.2, 0.25) is 0 Å². The Morgan fingerprint density at radius 2 is 2.05 bits per heavy atom. The summed E-state index contributed by atoms with van der Waals surface area (Å²) in [6, 6.07) is -0.531. The number of unbranched alkanes of at least 4 members (excludes halogenated alkanes) is 1. The molecule has 6 nitrogen and oxygen atoms in total. The Kier molecular flexibility index (Phi) is 6.26. The molecule has 0 aliphatic heterocycles. The second-order valence-electron chi connectivity index (χ2n) is 6.08. The van der Waals surface area contributed by atoms with Crippen LogP contribution < -0.4 is 10.6 Å². The average Bonchev–Trinajstić information content (AvgIpc) is 2.71. The van der Waals surface area contributed by atoms with Crippen molar-refractivity contribution in [3.8, 4) is 0 Å². The molecular formula is C14H27N3O3. The summed E-state index contributed by atoms with van der Waals surface area (Å²) in [6.45, 7) is 3.34. The van der Waals surface area contributed by atoms with Crippen LogP contribution in [0.5, 0.6) is 0 Å². The Labute approximate surface area is 120 Å². The quantitative estimate of drug-likeness (QED) is 0.615. The Bertz CT molecular complexity index is 347. The van der Waals surface area contributed by atoms with Crippen LogP contribution in [0, 0.1) is 5.41 Å². The van der Waals surface area contributed by atoms with E-state index >= 15 is 0 Å². The monoisotopic (exact) mass is 285 g/mol. The van der Waals surface area contributed by atoms with Gasteiger partial charge in [-0.3, -0.25) is 4.79 Å². The highest BCUT2D eigenvalue weighted by Gasteiger charge is 2.45. The third kappa shape index (κ3) is 4.67. The van der Waals surface area contributed by atoms with E-state index in [0.717, 1.165) is 32.2 Å². The van der Waals surface area contributed by atoms with Gasteiger partial charge >= 0.3 is 12.0 Å². The molecule has 0 aromatic rings. The number of nitrogens with zero attached hydrogens (tertiary/aromatic N) is 1. The lowest BCUT2D eigenvalue weighted by Gasteiger charge is -2.27. The van der Waals surface area contributed by atoms with Gasteiger partial charge in [0.1, 0.15) is 0 Å². The summed E-state index contributed by atoms with van der Waals surface area (Å²) in [4.78, 5) is 25.2. The lowest BCUT2D eigenvalue weighted by molar-refractivity contribution is -0.148. The topological polar surface area (TPSA) is 81.7 Å². The number of aliphatic carboxylic acids is 1. The largest absolute Gasteiger partial charge is 0.481 e. The third-order valence-corrected chi connectivity index (χ3v) is 4.07. The number of hydrogen-bond donors (Lipinski definition) is 3. The molecule has 116 valence electrons. The molecule has 0 radical (unpaired) electrons. The van der Waals surface area contributed by atoms with Gasteiger partial charge in [0.15, 0.2) is 0 Å². The molecule has 2 unspecified atom stereocenters. The van der Waals surface area contributed by atoms with E-state index in [0.29, 0.717) is 13.0 Å². The molecule has 3 N–H and O–H groups in total. The molecule has 0 saturated heterocycles. The molecule has 1 aliphatic rings. The molecule has 6 heteroatoms. The Morgan fingerprint density at radius 3 is 2.65 bits per heavy atom. The van der Waals surface area contributed by atoms with E-state index in [1.54, 1.807) is 6.92 Å². The number of carbonyl (C=O) groups excluding carboxylic acids is 1. The predicted octanol–water partition coefficient (Wildman–Crippen LogP) is 1.27. The van der Waals surface area contributed by atoms with Crippen LogP contribution in [0.2, 0.25) is 0 Å². The van der Waals surface area contributed by atoms with Gasteiger partial charge in [0.05, 0.1) is 5.41 Å². The molecule has 1 fully saturated rings. The van der Waals surface area contributed by atoms with Crippen molar-refractivity contribution in [3.63, 3.8) is 0 Å². The fraction of sp³-hybridized carbons (Fsp3) is 0.857. The Balaban J connectivity index is 2.27. The second-order valence-corrected chi connectivity index (χ2v) is 6.08. The fourth-order valence-electron chi connectivity index (χ4n) is 2.62. The number of nitrogens with one attached hydrogen (secondary N) is 2. The van der Waals surface area contributed by atoms with Crippen molar-refractivity contribution in [3.05, 3.63) is 0 Å². The first kappa shape index (κ1) is 16.8. The normalized spacial score (nSPS) is 25.7. The maximum atomic E-state index is 11.8. The maximum absolute atomic E-state index is 11.8. The van der Waals surface area contributed by atoms with E-state index < -0.39 is 11.4 Å².